The quantitative estimate of drug-likeness (QED) is 0.738. The highest BCUT2D eigenvalue weighted by Gasteiger charge is 2.22. The number of nitrogens with one attached hydrogen (secondary N) is 1. The number of esters is 1. The molecule has 0 bridgehead atoms. The average Bonchev–Trinajstić information content (AvgIpc) is 2.95. The number of ether oxygens (including phenoxy) is 1. The summed E-state index contributed by atoms with van der Waals surface area (Å²) in [7, 11) is 0. The van der Waals surface area contributed by atoms with E-state index in [0.717, 1.165) is 33.1 Å². The van der Waals surface area contributed by atoms with Crippen LogP contribution in [0.4, 0.5) is 0 Å². The van der Waals surface area contributed by atoms with Gasteiger partial charge in [-0.15, -0.1) is 11.3 Å². The fraction of sp³-hybridized carbons (Fsp3) is 0.450. The lowest BCUT2D eigenvalue weighted by atomic mass is 10.0. The number of carbonyl (C=O) groups excluding carboxylic acids is 2. The Bertz CT molecular complexity index is 768. The van der Waals surface area contributed by atoms with Gasteiger partial charge in [0.25, 0.3) is 0 Å². The summed E-state index contributed by atoms with van der Waals surface area (Å²) in [4.78, 5) is 29.4. The molecule has 0 unspecified atom stereocenters. The lowest BCUT2D eigenvalue weighted by Gasteiger charge is -2.19. The molecule has 1 aromatic heterocycles. The van der Waals surface area contributed by atoms with Crippen LogP contribution in [0.2, 0.25) is 0 Å². The number of thiazole rings is 1. The van der Waals surface area contributed by atoms with E-state index < -0.39 is 6.04 Å². The van der Waals surface area contributed by atoms with Gasteiger partial charge in [0.05, 0.1) is 28.0 Å². The predicted molar refractivity (Wildman–Crippen MR) is 103 cm³/mol. The Morgan fingerprint density at radius 2 is 1.88 bits per heavy atom. The first-order valence-corrected chi connectivity index (χ1v) is 9.61. The van der Waals surface area contributed by atoms with E-state index in [1.54, 1.807) is 11.3 Å². The van der Waals surface area contributed by atoms with E-state index in [2.05, 4.69) is 17.2 Å². The molecular weight excluding hydrogens is 348 g/mol. The molecule has 0 fully saturated rings. The van der Waals surface area contributed by atoms with Gasteiger partial charge in [0.15, 0.2) is 0 Å². The van der Waals surface area contributed by atoms with E-state index in [9.17, 15) is 9.59 Å². The number of benzene rings is 1. The molecule has 0 radical (unpaired) electrons. The van der Waals surface area contributed by atoms with E-state index in [1.165, 1.54) is 6.92 Å². The lowest BCUT2D eigenvalue weighted by Crippen LogP contribution is -2.28. The van der Waals surface area contributed by atoms with Crippen LogP contribution in [0.5, 0.6) is 0 Å². The normalized spacial score (nSPS) is 13.1. The number of rotatable bonds is 7. The Balaban J connectivity index is 2.07. The smallest absolute Gasteiger partial charge is 0.308 e. The second kappa shape index (κ2) is 8.94. The van der Waals surface area contributed by atoms with E-state index >= 15 is 0 Å². The van der Waals surface area contributed by atoms with Crippen LogP contribution in [-0.2, 0) is 20.7 Å². The molecule has 1 heterocycles. The van der Waals surface area contributed by atoms with Gasteiger partial charge >= 0.3 is 5.97 Å². The Kier molecular flexibility index (Phi) is 6.91. The summed E-state index contributed by atoms with van der Waals surface area (Å²) in [5.41, 5.74) is 2.92. The SMILES string of the molecule is CCc1nc(C)c([C@H](C)OC(=O)C[C@@H](NC(C)=O)c2ccc(C)cc2)s1. The summed E-state index contributed by atoms with van der Waals surface area (Å²) in [5.74, 6) is -0.523. The molecule has 26 heavy (non-hydrogen) atoms. The molecule has 1 N–H and O–H groups in total. The third-order valence-electron chi connectivity index (χ3n) is 4.08. The first-order valence-electron chi connectivity index (χ1n) is 8.79. The molecular formula is C20H26N2O3S. The minimum absolute atomic E-state index is 0.0888. The van der Waals surface area contributed by atoms with E-state index in [4.69, 9.17) is 4.74 Å². The van der Waals surface area contributed by atoms with Crippen molar-refractivity contribution in [3.63, 3.8) is 0 Å². The zero-order valence-corrected chi connectivity index (χ0v) is 16.8. The number of aromatic nitrogens is 1. The van der Waals surface area contributed by atoms with Gasteiger partial charge in [-0.2, -0.15) is 0 Å². The molecule has 0 saturated heterocycles. The van der Waals surface area contributed by atoms with Crippen molar-refractivity contribution >= 4 is 23.2 Å². The van der Waals surface area contributed by atoms with E-state index in [0.29, 0.717) is 0 Å². The first kappa shape index (κ1) is 20.1. The Hall–Kier alpha value is -2.21. The highest BCUT2D eigenvalue weighted by Crippen LogP contribution is 2.29. The third-order valence-corrected chi connectivity index (χ3v) is 5.55. The lowest BCUT2D eigenvalue weighted by molar-refractivity contribution is -0.149. The van der Waals surface area contributed by atoms with Crippen molar-refractivity contribution in [1.82, 2.24) is 10.3 Å². The van der Waals surface area contributed by atoms with Crippen molar-refractivity contribution < 1.29 is 14.3 Å². The molecule has 2 atom stereocenters. The predicted octanol–water partition coefficient (Wildman–Crippen LogP) is 4.19. The number of hydrogen-bond donors (Lipinski definition) is 1. The first-order chi connectivity index (χ1) is 12.3. The van der Waals surface area contributed by atoms with Gasteiger partial charge in [0.1, 0.15) is 6.10 Å². The Labute approximate surface area is 158 Å². The number of hydrogen-bond acceptors (Lipinski definition) is 5. The van der Waals surface area contributed by atoms with Crippen LogP contribution >= 0.6 is 11.3 Å². The maximum atomic E-state index is 12.5. The van der Waals surface area contributed by atoms with Gasteiger partial charge in [0.2, 0.25) is 5.91 Å². The summed E-state index contributed by atoms with van der Waals surface area (Å²) in [5, 5.41) is 3.87. The Morgan fingerprint density at radius 3 is 2.42 bits per heavy atom. The number of aryl methyl sites for hydroxylation is 3. The maximum Gasteiger partial charge on any atom is 0.308 e. The monoisotopic (exact) mass is 374 g/mol. The minimum Gasteiger partial charge on any atom is -0.457 e. The molecule has 0 aliphatic carbocycles. The summed E-state index contributed by atoms with van der Waals surface area (Å²) in [6.07, 6.45) is 0.603. The third kappa shape index (κ3) is 5.39. The van der Waals surface area contributed by atoms with E-state index in [-0.39, 0.29) is 24.4 Å². The van der Waals surface area contributed by atoms with Gasteiger partial charge in [-0.05, 0) is 32.8 Å². The summed E-state index contributed by atoms with van der Waals surface area (Å²) in [6, 6.07) is 7.37. The zero-order chi connectivity index (χ0) is 19.3. The minimum atomic E-state index is -0.401. The van der Waals surface area contributed by atoms with Crippen molar-refractivity contribution in [2.24, 2.45) is 0 Å². The molecule has 140 valence electrons. The van der Waals surface area contributed by atoms with Gasteiger partial charge in [-0.25, -0.2) is 4.98 Å². The molecule has 0 saturated carbocycles. The fourth-order valence-electron chi connectivity index (χ4n) is 2.76. The standard InChI is InChI=1S/C20H26N2O3S/c1-6-18-21-13(3)20(26-18)14(4)25-19(24)11-17(22-15(5)23)16-9-7-12(2)8-10-16/h7-10,14,17H,6,11H2,1-5H3,(H,22,23)/t14-,17+/m0/s1. The molecule has 5 nitrogen and oxygen atoms in total. The second-order valence-corrected chi connectivity index (χ2v) is 7.53. The summed E-state index contributed by atoms with van der Waals surface area (Å²) >= 11 is 1.58. The van der Waals surface area contributed by atoms with Crippen LogP contribution in [0.1, 0.15) is 66.0 Å². The molecule has 2 rings (SSSR count). The fourth-order valence-corrected chi connectivity index (χ4v) is 3.74. The van der Waals surface area contributed by atoms with Gasteiger partial charge < -0.3 is 10.1 Å². The number of carbonyl (C=O) groups is 2. The van der Waals surface area contributed by atoms with Crippen LogP contribution in [0.3, 0.4) is 0 Å². The molecule has 0 aliphatic heterocycles. The Morgan fingerprint density at radius 1 is 1.23 bits per heavy atom. The largest absolute Gasteiger partial charge is 0.457 e. The summed E-state index contributed by atoms with van der Waals surface area (Å²) in [6.45, 7) is 9.29. The van der Waals surface area contributed by atoms with E-state index in [1.807, 2.05) is 45.0 Å². The number of amides is 1. The molecule has 6 heteroatoms. The molecule has 2 aromatic rings. The molecule has 0 spiro atoms. The molecule has 1 aromatic carbocycles. The van der Waals surface area contributed by atoms with Gasteiger partial charge in [-0.1, -0.05) is 36.8 Å². The molecule has 0 aliphatic rings. The maximum absolute atomic E-state index is 12.5. The second-order valence-electron chi connectivity index (χ2n) is 6.41. The van der Waals surface area contributed by atoms with Crippen LogP contribution in [0, 0.1) is 13.8 Å². The average molecular weight is 375 g/mol. The highest BCUT2D eigenvalue weighted by molar-refractivity contribution is 7.11. The van der Waals surface area contributed by atoms with Crippen molar-refractivity contribution in [2.75, 3.05) is 0 Å². The topological polar surface area (TPSA) is 68.3 Å². The van der Waals surface area contributed by atoms with Crippen LogP contribution in [0.15, 0.2) is 24.3 Å². The van der Waals surface area contributed by atoms with Crippen molar-refractivity contribution in [3.8, 4) is 0 Å². The van der Waals surface area contributed by atoms with Crippen molar-refractivity contribution in [2.45, 2.75) is 59.6 Å². The molecule has 1 amide bonds. The van der Waals surface area contributed by atoms with Crippen LogP contribution in [0.25, 0.3) is 0 Å². The van der Waals surface area contributed by atoms with Crippen LogP contribution in [-0.4, -0.2) is 16.9 Å². The van der Waals surface area contributed by atoms with Gasteiger partial charge in [0, 0.05) is 6.92 Å². The van der Waals surface area contributed by atoms with Crippen LogP contribution < -0.4 is 5.32 Å². The highest BCUT2D eigenvalue weighted by atomic mass is 32.1. The van der Waals surface area contributed by atoms with Crippen molar-refractivity contribution in [1.29, 1.82) is 0 Å². The zero-order valence-electron chi connectivity index (χ0n) is 16.0. The van der Waals surface area contributed by atoms with Gasteiger partial charge in [-0.3, -0.25) is 9.59 Å². The summed E-state index contributed by atoms with van der Waals surface area (Å²) < 4.78 is 5.61. The number of nitrogens with zero attached hydrogens (tertiary/aromatic N) is 1. The van der Waals surface area contributed by atoms with Crippen molar-refractivity contribution in [3.05, 3.63) is 51.0 Å².